The Bertz CT molecular complexity index is 308. The van der Waals surface area contributed by atoms with E-state index in [9.17, 15) is 4.39 Å². The largest absolute Gasteiger partial charge is 0.494 e. The second-order valence-electron chi connectivity index (χ2n) is 3.13. The summed E-state index contributed by atoms with van der Waals surface area (Å²) in [6.45, 7) is 0.799. The minimum absolute atomic E-state index is 0.292. The molecule has 1 aromatic rings. The molecule has 1 aliphatic heterocycles. The van der Waals surface area contributed by atoms with Crippen molar-refractivity contribution in [2.75, 3.05) is 13.7 Å². The first kappa shape index (κ1) is 8.51. The van der Waals surface area contributed by atoms with Crippen LogP contribution in [0.2, 0.25) is 0 Å². The highest BCUT2D eigenvalue weighted by Gasteiger charge is 2.22. The number of hydrogen-bond acceptors (Lipinski definition) is 2. The molecule has 1 heterocycles. The molecule has 1 aliphatic rings. The Hall–Kier alpha value is -1.09. The highest BCUT2D eigenvalue weighted by molar-refractivity contribution is 5.29. The lowest BCUT2D eigenvalue weighted by molar-refractivity contribution is 0.385. The Morgan fingerprint density at radius 1 is 1.62 bits per heavy atom. The number of ether oxygens (including phenoxy) is 2. The van der Waals surface area contributed by atoms with Crippen LogP contribution in [0.15, 0.2) is 18.2 Å². The average Bonchev–Trinajstić information content (AvgIpc) is 2.89. The summed E-state index contributed by atoms with van der Waals surface area (Å²) in [5.74, 6) is -0.0129. The van der Waals surface area contributed by atoms with Crippen LogP contribution >= 0.6 is 0 Å². The maximum atomic E-state index is 13.2. The topological polar surface area (TPSA) is 21.8 Å². The molecular formula is C10H11FO2. The standard InChI is InChI=1S/C10H11FO2/c1-12-10-3-2-7(5-9(10)11)4-8-6-13-8/h2-3,5,8H,4,6H2,1H3/t8-/m0/s1. The number of hydrogen-bond donors (Lipinski definition) is 0. The van der Waals surface area contributed by atoms with Crippen LogP contribution in [0, 0.1) is 5.82 Å². The van der Waals surface area contributed by atoms with Crippen molar-refractivity contribution < 1.29 is 13.9 Å². The van der Waals surface area contributed by atoms with Crippen molar-refractivity contribution in [2.24, 2.45) is 0 Å². The van der Waals surface area contributed by atoms with Crippen molar-refractivity contribution in [2.45, 2.75) is 12.5 Å². The third kappa shape index (κ3) is 1.98. The van der Waals surface area contributed by atoms with E-state index in [0.717, 1.165) is 18.6 Å². The normalized spacial score (nSPS) is 20.0. The molecule has 0 spiro atoms. The van der Waals surface area contributed by atoms with Crippen molar-refractivity contribution in [3.8, 4) is 5.75 Å². The summed E-state index contributed by atoms with van der Waals surface area (Å²) in [6, 6.07) is 5.01. The highest BCUT2D eigenvalue weighted by Crippen LogP contribution is 2.21. The molecule has 0 radical (unpaired) electrons. The van der Waals surface area contributed by atoms with Crippen molar-refractivity contribution in [1.82, 2.24) is 0 Å². The number of benzene rings is 1. The predicted molar refractivity (Wildman–Crippen MR) is 46.4 cm³/mol. The van der Waals surface area contributed by atoms with Gasteiger partial charge >= 0.3 is 0 Å². The highest BCUT2D eigenvalue weighted by atomic mass is 19.1. The van der Waals surface area contributed by atoms with E-state index < -0.39 is 0 Å². The van der Waals surface area contributed by atoms with E-state index in [4.69, 9.17) is 9.47 Å². The van der Waals surface area contributed by atoms with Crippen LogP contribution in [-0.2, 0) is 11.2 Å². The lowest BCUT2D eigenvalue weighted by atomic mass is 10.1. The molecule has 13 heavy (non-hydrogen) atoms. The first-order valence-electron chi connectivity index (χ1n) is 4.23. The van der Waals surface area contributed by atoms with Gasteiger partial charge in [0.05, 0.1) is 19.8 Å². The molecule has 2 nitrogen and oxygen atoms in total. The van der Waals surface area contributed by atoms with E-state index >= 15 is 0 Å². The van der Waals surface area contributed by atoms with Crippen molar-refractivity contribution >= 4 is 0 Å². The molecule has 1 fully saturated rings. The van der Waals surface area contributed by atoms with Crippen LogP contribution in [0.4, 0.5) is 4.39 Å². The van der Waals surface area contributed by atoms with Gasteiger partial charge in [0.2, 0.25) is 0 Å². The number of rotatable bonds is 3. The van der Waals surface area contributed by atoms with Gasteiger partial charge in [-0.3, -0.25) is 0 Å². The van der Waals surface area contributed by atoms with Crippen LogP contribution in [-0.4, -0.2) is 19.8 Å². The van der Waals surface area contributed by atoms with E-state index in [1.807, 2.05) is 6.07 Å². The Balaban J connectivity index is 2.13. The van der Waals surface area contributed by atoms with E-state index in [1.54, 1.807) is 6.07 Å². The van der Waals surface area contributed by atoms with Gasteiger partial charge in [-0.15, -0.1) is 0 Å². The van der Waals surface area contributed by atoms with Gasteiger partial charge in [-0.1, -0.05) is 6.07 Å². The monoisotopic (exact) mass is 182 g/mol. The lowest BCUT2D eigenvalue weighted by Gasteiger charge is -2.03. The summed E-state index contributed by atoms with van der Waals surface area (Å²) >= 11 is 0. The molecule has 0 bridgehead atoms. The molecule has 0 amide bonds. The molecule has 1 saturated heterocycles. The first-order valence-corrected chi connectivity index (χ1v) is 4.23. The summed E-state index contributed by atoms with van der Waals surface area (Å²) < 4.78 is 23.0. The first-order chi connectivity index (χ1) is 6.29. The van der Waals surface area contributed by atoms with Crippen LogP contribution in [0.25, 0.3) is 0 Å². The zero-order chi connectivity index (χ0) is 9.26. The summed E-state index contributed by atoms with van der Waals surface area (Å²) in [4.78, 5) is 0. The molecular weight excluding hydrogens is 171 g/mol. The van der Waals surface area contributed by atoms with Crippen molar-refractivity contribution in [3.05, 3.63) is 29.6 Å². The summed E-state index contributed by atoms with van der Waals surface area (Å²) in [6.07, 6.45) is 1.09. The lowest BCUT2D eigenvalue weighted by Crippen LogP contribution is -1.95. The molecule has 70 valence electrons. The molecule has 3 heteroatoms. The third-order valence-electron chi connectivity index (χ3n) is 2.08. The van der Waals surface area contributed by atoms with Gasteiger partial charge in [-0.25, -0.2) is 4.39 Å². The Labute approximate surface area is 76.3 Å². The van der Waals surface area contributed by atoms with Crippen LogP contribution in [0.1, 0.15) is 5.56 Å². The molecule has 1 atom stereocenters. The zero-order valence-corrected chi connectivity index (χ0v) is 7.42. The number of methoxy groups -OCH3 is 1. The van der Waals surface area contributed by atoms with Gasteiger partial charge < -0.3 is 9.47 Å². The van der Waals surface area contributed by atoms with E-state index in [-0.39, 0.29) is 5.82 Å². The average molecular weight is 182 g/mol. The Morgan fingerprint density at radius 3 is 2.92 bits per heavy atom. The molecule has 0 unspecified atom stereocenters. The van der Waals surface area contributed by atoms with E-state index in [1.165, 1.54) is 13.2 Å². The van der Waals surface area contributed by atoms with Crippen molar-refractivity contribution in [3.63, 3.8) is 0 Å². The summed E-state index contributed by atoms with van der Waals surface area (Å²) in [5.41, 5.74) is 0.959. The maximum Gasteiger partial charge on any atom is 0.165 e. The van der Waals surface area contributed by atoms with Crippen LogP contribution < -0.4 is 4.74 Å². The number of halogens is 1. The summed E-state index contributed by atoms with van der Waals surface area (Å²) in [7, 11) is 1.46. The van der Waals surface area contributed by atoms with Crippen molar-refractivity contribution in [1.29, 1.82) is 0 Å². The Kier molecular flexibility index (Phi) is 2.19. The van der Waals surface area contributed by atoms with Gasteiger partial charge in [0.15, 0.2) is 11.6 Å². The molecule has 0 aromatic heterocycles. The van der Waals surface area contributed by atoms with Gasteiger partial charge in [-0.05, 0) is 17.7 Å². The van der Waals surface area contributed by atoms with Gasteiger partial charge in [0, 0.05) is 6.42 Å². The van der Waals surface area contributed by atoms with E-state index in [0.29, 0.717) is 11.9 Å². The minimum atomic E-state index is -0.305. The Morgan fingerprint density at radius 2 is 2.38 bits per heavy atom. The fraction of sp³-hybridized carbons (Fsp3) is 0.400. The maximum absolute atomic E-state index is 13.2. The zero-order valence-electron chi connectivity index (χ0n) is 7.42. The quantitative estimate of drug-likeness (QED) is 0.664. The second kappa shape index (κ2) is 3.34. The molecule has 1 aromatic carbocycles. The molecule has 0 N–H and O–H groups in total. The fourth-order valence-electron chi connectivity index (χ4n) is 1.29. The van der Waals surface area contributed by atoms with Gasteiger partial charge in [0.25, 0.3) is 0 Å². The van der Waals surface area contributed by atoms with Gasteiger partial charge in [0.1, 0.15) is 0 Å². The predicted octanol–water partition coefficient (Wildman–Crippen LogP) is 1.78. The SMILES string of the molecule is COc1ccc(C[C@H]2CO2)cc1F. The fourth-order valence-corrected chi connectivity index (χ4v) is 1.29. The molecule has 0 aliphatic carbocycles. The van der Waals surface area contributed by atoms with Crippen LogP contribution in [0.5, 0.6) is 5.75 Å². The third-order valence-corrected chi connectivity index (χ3v) is 2.08. The number of epoxide rings is 1. The summed E-state index contributed by atoms with van der Waals surface area (Å²) in [5, 5.41) is 0. The molecule has 0 saturated carbocycles. The second-order valence-corrected chi connectivity index (χ2v) is 3.13. The smallest absolute Gasteiger partial charge is 0.165 e. The van der Waals surface area contributed by atoms with Crippen LogP contribution in [0.3, 0.4) is 0 Å². The van der Waals surface area contributed by atoms with Gasteiger partial charge in [-0.2, -0.15) is 0 Å². The molecule has 2 rings (SSSR count). The minimum Gasteiger partial charge on any atom is -0.494 e. The van der Waals surface area contributed by atoms with E-state index in [2.05, 4.69) is 0 Å².